The van der Waals surface area contributed by atoms with Crippen molar-refractivity contribution in [3.05, 3.63) is 36.4 Å². The second-order valence-electron chi connectivity index (χ2n) is 6.42. The largest absolute Gasteiger partial charge is 0.497 e. The first-order valence-electron chi connectivity index (χ1n) is 9.11. The van der Waals surface area contributed by atoms with Crippen LogP contribution in [0.15, 0.2) is 41.4 Å². The van der Waals surface area contributed by atoms with Gasteiger partial charge in [-0.2, -0.15) is 9.61 Å². The fourth-order valence-electron chi connectivity index (χ4n) is 2.99. The van der Waals surface area contributed by atoms with E-state index in [2.05, 4.69) is 20.6 Å². The molecule has 0 spiro atoms. The molecule has 0 radical (unpaired) electrons. The number of hydrogen-bond donors (Lipinski definition) is 1. The lowest BCUT2D eigenvalue weighted by Crippen LogP contribution is -2.32. The van der Waals surface area contributed by atoms with Gasteiger partial charge in [-0.3, -0.25) is 4.79 Å². The van der Waals surface area contributed by atoms with Crippen LogP contribution in [0.1, 0.15) is 12.8 Å². The van der Waals surface area contributed by atoms with Gasteiger partial charge in [0.1, 0.15) is 10.8 Å². The molecule has 146 valence electrons. The highest BCUT2D eigenvalue weighted by Crippen LogP contribution is 2.22. The Balaban J connectivity index is 1.42. The van der Waals surface area contributed by atoms with Gasteiger partial charge in [-0.15, -0.1) is 10.2 Å². The van der Waals surface area contributed by atoms with Crippen LogP contribution in [0.3, 0.4) is 0 Å². The summed E-state index contributed by atoms with van der Waals surface area (Å²) in [5.41, 5.74) is 1.54. The van der Waals surface area contributed by atoms with Crippen LogP contribution in [0.4, 0.5) is 0 Å². The van der Waals surface area contributed by atoms with Crippen molar-refractivity contribution < 1.29 is 14.3 Å². The van der Waals surface area contributed by atoms with E-state index in [0.29, 0.717) is 23.8 Å². The van der Waals surface area contributed by atoms with E-state index < -0.39 is 0 Å². The van der Waals surface area contributed by atoms with E-state index in [4.69, 9.17) is 9.47 Å². The van der Waals surface area contributed by atoms with Crippen molar-refractivity contribution in [2.24, 2.45) is 0 Å². The predicted octanol–water partition coefficient (Wildman–Crippen LogP) is 2.19. The first-order valence-corrected chi connectivity index (χ1v) is 10.1. The molecular formula is C19H21N5O3S. The normalized spacial score (nSPS) is 16.4. The van der Waals surface area contributed by atoms with Crippen molar-refractivity contribution in [1.82, 2.24) is 25.1 Å². The number of ether oxygens (including phenoxy) is 2. The maximum atomic E-state index is 12.1. The number of fused-ring (bicyclic) bond motifs is 1. The van der Waals surface area contributed by atoms with Crippen LogP contribution in [0.25, 0.3) is 17.0 Å². The molecule has 4 rings (SSSR count). The molecule has 2 aromatic heterocycles. The van der Waals surface area contributed by atoms with Gasteiger partial charge in [0.05, 0.1) is 19.0 Å². The Bertz CT molecular complexity index is 954. The van der Waals surface area contributed by atoms with Crippen LogP contribution < -0.4 is 10.1 Å². The van der Waals surface area contributed by atoms with E-state index in [9.17, 15) is 4.79 Å². The summed E-state index contributed by atoms with van der Waals surface area (Å²) < 4.78 is 12.4. The molecule has 1 atom stereocenters. The number of carbonyl (C=O) groups excluding carboxylic acids is 1. The molecule has 1 fully saturated rings. The number of aromatic nitrogens is 4. The summed E-state index contributed by atoms with van der Waals surface area (Å²) in [7, 11) is 1.63. The van der Waals surface area contributed by atoms with Gasteiger partial charge >= 0.3 is 0 Å². The Labute approximate surface area is 166 Å². The summed E-state index contributed by atoms with van der Waals surface area (Å²) in [6, 6.07) is 11.3. The Kier molecular flexibility index (Phi) is 5.73. The van der Waals surface area contributed by atoms with E-state index in [1.807, 2.05) is 36.4 Å². The second-order valence-corrected chi connectivity index (χ2v) is 7.42. The molecule has 1 aromatic carbocycles. The number of nitrogens with one attached hydrogen (secondary N) is 1. The number of amides is 1. The lowest BCUT2D eigenvalue weighted by atomic mass is 10.2. The maximum absolute atomic E-state index is 12.1. The van der Waals surface area contributed by atoms with Crippen LogP contribution in [-0.2, 0) is 9.53 Å². The Morgan fingerprint density at radius 2 is 2.14 bits per heavy atom. The quantitative estimate of drug-likeness (QED) is 0.609. The molecule has 8 nitrogen and oxygen atoms in total. The molecule has 28 heavy (non-hydrogen) atoms. The number of nitrogens with zero attached hydrogens (tertiary/aromatic N) is 4. The smallest absolute Gasteiger partial charge is 0.230 e. The third kappa shape index (κ3) is 4.26. The van der Waals surface area contributed by atoms with E-state index >= 15 is 0 Å². The van der Waals surface area contributed by atoms with E-state index in [1.54, 1.807) is 11.6 Å². The average molecular weight is 399 g/mol. The Morgan fingerprint density at radius 1 is 1.29 bits per heavy atom. The SMILES string of the molecule is COc1ccc(-c2nnc3ccc(SCC(=O)NC[C@H]4CCCO4)nn23)cc1. The maximum Gasteiger partial charge on any atom is 0.230 e. The fourth-order valence-corrected chi connectivity index (χ4v) is 3.68. The number of rotatable bonds is 7. The van der Waals surface area contributed by atoms with Gasteiger partial charge in [0.25, 0.3) is 0 Å². The summed E-state index contributed by atoms with van der Waals surface area (Å²) in [5.74, 6) is 1.69. The summed E-state index contributed by atoms with van der Waals surface area (Å²) in [6.45, 7) is 1.35. The molecular weight excluding hydrogens is 378 g/mol. The lowest BCUT2D eigenvalue weighted by molar-refractivity contribution is -0.119. The zero-order valence-electron chi connectivity index (χ0n) is 15.5. The summed E-state index contributed by atoms with van der Waals surface area (Å²) in [5, 5.41) is 16.6. The zero-order chi connectivity index (χ0) is 19.3. The van der Waals surface area contributed by atoms with Crippen molar-refractivity contribution in [3.8, 4) is 17.1 Å². The van der Waals surface area contributed by atoms with Gasteiger partial charge in [-0.25, -0.2) is 0 Å². The van der Waals surface area contributed by atoms with Crippen molar-refractivity contribution in [2.75, 3.05) is 26.0 Å². The molecule has 0 unspecified atom stereocenters. The van der Waals surface area contributed by atoms with Crippen molar-refractivity contribution >= 4 is 23.3 Å². The van der Waals surface area contributed by atoms with Crippen LogP contribution >= 0.6 is 11.8 Å². The molecule has 0 saturated carbocycles. The van der Waals surface area contributed by atoms with Gasteiger partial charge in [0, 0.05) is 18.7 Å². The first-order chi connectivity index (χ1) is 13.7. The summed E-state index contributed by atoms with van der Waals surface area (Å²) >= 11 is 1.38. The van der Waals surface area contributed by atoms with Gasteiger partial charge in [-0.1, -0.05) is 11.8 Å². The standard InChI is InChI=1S/C19H21N5O3S/c1-26-14-6-4-13(5-7-14)19-22-21-16-8-9-18(23-24(16)19)28-12-17(25)20-11-15-3-2-10-27-15/h4-9,15H,2-3,10-12H2,1H3,(H,20,25)/t15-/m1/s1. The van der Waals surface area contributed by atoms with Gasteiger partial charge in [-0.05, 0) is 49.2 Å². The average Bonchev–Trinajstić information content (AvgIpc) is 3.40. The molecule has 0 aliphatic carbocycles. The molecule has 0 bridgehead atoms. The van der Waals surface area contributed by atoms with Crippen molar-refractivity contribution in [2.45, 2.75) is 24.0 Å². The molecule has 1 aliphatic heterocycles. The monoisotopic (exact) mass is 399 g/mol. The lowest BCUT2D eigenvalue weighted by Gasteiger charge is -2.10. The molecule has 3 heterocycles. The van der Waals surface area contributed by atoms with Crippen LogP contribution in [0.2, 0.25) is 0 Å². The molecule has 9 heteroatoms. The number of hydrogen-bond acceptors (Lipinski definition) is 7. The van der Waals surface area contributed by atoms with Crippen molar-refractivity contribution in [1.29, 1.82) is 0 Å². The second kappa shape index (κ2) is 8.57. The highest BCUT2D eigenvalue weighted by atomic mass is 32.2. The fraction of sp³-hybridized carbons (Fsp3) is 0.368. The first kappa shape index (κ1) is 18.7. The minimum Gasteiger partial charge on any atom is -0.497 e. The zero-order valence-corrected chi connectivity index (χ0v) is 16.3. The molecule has 1 aliphatic rings. The minimum absolute atomic E-state index is 0.0264. The van der Waals surface area contributed by atoms with E-state index in [0.717, 1.165) is 35.8 Å². The van der Waals surface area contributed by atoms with Crippen LogP contribution in [0.5, 0.6) is 5.75 Å². The number of benzene rings is 1. The van der Waals surface area contributed by atoms with E-state index in [1.165, 1.54) is 11.8 Å². The highest BCUT2D eigenvalue weighted by molar-refractivity contribution is 7.99. The van der Waals surface area contributed by atoms with Crippen LogP contribution in [-0.4, -0.2) is 57.8 Å². The molecule has 3 aromatic rings. The minimum atomic E-state index is -0.0264. The van der Waals surface area contributed by atoms with Crippen LogP contribution in [0, 0.1) is 0 Å². The third-order valence-electron chi connectivity index (χ3n) is 4.49. The molecule has 1 N–H and O–H groups in total. The Morgan fingerprint density at radius 3 is 2.89 bits per heavy atom. The summed E-state index contributed by atoms with van der Waals surface area (Å²) in [4.78, 5) is 12.1. The third-order valence-corrected chi connectivity index (χ3v) is 5.41. The number of carbonyl (C=O) groups is 1. The van der Waals surface area contributed by atoms with Crippen molar-refractivity contribution in [3.63, 3.8) is 0 Å². The number of thioether (sulfide) groups is 1. The summed E-state index contributed by atoms with van der Waals surface area (Å²) in [6.07, 6.45) is 2.22. The molecule has 1 saturated heterocycles. The molecule has 1 amide bonds. The highest BCUT2D eigenvalue weighted by Gasteiger charge is 2.16. The Hall–Kier alpha value is -2.65. The van der Waals surface area contributed by atoms with E-state index in [-0.39, 0.29) is 12.0 Å². The number of methoxy groups -OCH3 is 1. The van der Waals surface area contributed by atoms with Gasteiger partial charge in [0.2, 0.25) is 5.91 Å². The van der Waals surface area contributed by atoms with Gasteiger partial charge in [0.15, 0.2) is 11.5 Å². The van der Waals surface area contributed by atoms with Gasteiger partial charge < -0.3 is 14.8 Å². The topological polar surface area (TPSA) is 90.6 Å². The predicted molar refractivity (Wildman–Crippen MR) is 105 cm³/mol.